The Morgan fingerprint density at radius 2 is 1.57 bits per heavy atom. The van der Waals surface area contributed by atoms with E-state index in [1.807, 2.05) is 48.5 Å². The molecule has 1 saturated heterocycles. The molecule has 1 fully saturated rings. The monoisotopic (exact) mass is 726 g/mol. The minimum atomic E-state index is -4.52. The molecule has 274 valence electrons. The normalized spacial score (nSPS) is 14.6. The highest BCUT2D eigenvalue weighted by molar-refractivity contribution is 5.95. The number of benzene rings is 3. The van der Waals surface area contributed by atoms with Crippen LogP contribution >= 0.6 is 0 Å². The van der Waals surface area contributed by atoms with Crippen molar-refractivity contribution in [1.29, 1.82) is 0 Å². The topological polar surface area (TPSA) is 56.8 Å². The summed E-state index contributed by atoms with van der Waals surface area (Å²) in [4.78, 5) is 38.2. The number of hydrogen-bond acceptors (Lipinski definition) is 4. The standard InChI is InChI=1S/C42H39F5N4O2/c1-3-7-30(4-2)28-49-22-24-50(25-23-49)41(53)39(27-33-13-19-36(43)37(44)26-33)51(29-32-9-15-34(16-10-32)38-8-5-6-21-48-38)40(52)20-14-31-11-17-35(18-12-31)42(45,46)47/h3-21,26,39H,1-2,22-25,27-29H2/b20-14+,30-7+/t39-/m0/s1. The smallest absolute Gasteiger partial charge is 0.338 e. The number of allylic oxidation sites excluding steroid dienone is 2. The number of rotatable bonds is 13. The number of hydrogen-bond donors (Lipinski definition) is 0. The maximum atomic E-state index is 14.5. The summed E-state index contributed by atoms with van der Waals surface area (Å²) < 4.78 is 67.9. The van der Waals surface area contributed by atoms with Gasteiger partial charge in [-0.1, -0.05) is 79.9 Å². The Kier molecular flexibility index (Phi) is 12.9. The summed E-state index contributed by atoms with van der Waals surface area (Å²) in [5.41, 5.74) is 3.06. The summed E-state index contributed by atoms with van der Waals surface area (Å²) in [6.45, 7) is 9.97. The molecule has 2 amide bonds. The van der Waals surface area contributed by atoms with Crippen LogP contribution in [0.5, 0.6) is 0 Å². The molecule has 0 radical (unpaired) electrons. The zero-order valence-corrected chi connectivity index (χ0v) is 29.0. The number of carbonyl (C=O) groups is 2. The second kappa shape index (κ2) is 17.7. The minimum absolute atomic E-state index is 0.0340. The second-order valence-corrected chi connectivity index (χ2v) is 12.6. The largest absolute Gasteiger partial charge is 0.416 e. The molecule has 2 heterocycles. The third-order valence-corrected chi connectivity index (χ3v) is 8.97. The van der Waals surface area contributed by atoms with Gasteiger partial charge in [-0.2, -0.15) is 13.2 Å². The fourth-order valence-electron chi connectivity index (χ4n) is 6.05. The maximum absolute atomic E-state index is 14.5. The molecule has 0 spiro atoms. The van der Waals surface area contributed by atoms with Gasteiger partial charge >= 0.3 is 6.18 Å². The summed E-state index contributed by atoms with van der Waals surface area (Å²) in [6, 6.07) is 19.4. The van der Waals surface area contributed by atoms with Crippen molar-refractivity contribution >= 4 is 17.9 Å². The Hall–Kier alpha value is -5.68. The van der Waals surface area contributed by atoms with Crippen molar-refractivity contribution in [2.24, 2.45) is 0 Å². The van der Waals surface area contributed by atoms with E-state index < -0.39 is 35.3 Å². The highest BCUT2D eigenvalue weighted by atomic mass is 19.4. The molecule has 0 unspecified atom stereocenters. The quantitative estimate of drug-likeness (QED) is 0.0794. The van der Waals surface area contributed by atoms with Crippen molar-refractivity contribution in [2.75, 3.05) is 32.7 Å². The lowest BCUT2D eigenvalue weighted by atomic mass is 10.0. The van der Waals surface area contributed by atoms with E-state index in [1.165, 1.54) is 35.3 Å². The van der Waals surface area contributed by atoms with Gasteiger partial charge in [0, 0.05) is 63.5 Å². The van der Waals surface area contributed by atoms with Gasteiger partial charge in [-0.15, -0.1) is 0 Å². The Bertz CT molecular complexity index is 1950. The van der Waals surface area contributed by atoms with Gasteiger partial charge in [0.15, 0.2) is 11.6 Å². The van der Waals surface area contributed by atoms with E-state index in [-0.39, 0.29) is 18.9 Å². The number of pyridine rings is 1. The molecule has 0 N–H and O–H groups in total. The van der Waals surface area contributed by atoms with Gasteiger partial charge in [0.2, 0.25) is 11.8 Å². The van der Waals surface area contributed by atoms with Crippen molar-refractivity contribution in [3.63, 3.8) is 0 Å². The third-order valence-electron chi connectivity index (χ3n) is 8.97. The van der Waals surface area contributed by atoms with E-state index in [1.54, 1.807) is 23.2 Å². The number of amides is 2. The Balaban J connectivity index is 1.47. The Labute approximate surface area is 305 Å². The van der Waals surface area contributed by atoms with E-state index in [9.17, 15) is 31.5 Å². The Morgan fingerprint density at radius 3 is 2.17 bits per heavy atom. The van der Waals surface area contributed by atoms with E-state index in [2.05, 4.69) is 23.0 Å². The lowest BCUT2D eigenvalue weighted by molar-refractivity contribution is -0.145. The zero-order chi connectivity index (χ0) is 38.0. The summed E-state index contributed by atoms with van der Waals surface area (Å²) in [6.07, 6.45) is 4.93. The first-order chi connectivity index (χ1) is 25.4. The molecule has 3 aromatic carbocycles. The first kappa shape index (κ1) is 38.5. The van der Waals surface area contributed by atoms with Gasteiger partial charge in [-0.3, -0.25) is 19.5 Å². The second-order valence-electron chi connectivity index (χ2n) is 12.6. The first-order valence-electron chi connectivity index (χ1n) is 17.0. The molecular formula is C42H39F5N4O2. The zero-order valence-electron chi connectivity index (χ0n) is 29.0. The van der Waals surface area contributed by atoms with Gasteiger partial charge in [-0.25, -0.2) is 8.78 Å². The first-order valence-corrected chi connectivity index (χ1v) is 17.0. The molecule has 0 saturated carbocycles. The highest BCUT2D eigenvalue weighted by Crippen LogP contribution is 2.29. The molecule has 1 aromatic heterocycles. The number of piperazine rings is 1. The van der Waals surface area contributed by atoms with E-state index in [4.69, 9.17) is 0 Å². The van der Waals surface area contributed by atoms with Crippen molar-refractivity contribution in [2.45, 2.75) is 25.2 Å². The van der Waals surface area contributed by atoms with Crippen LogP contribution in [0.15, 0.2) is 134 Å². The lowest BCUT2D eigenvalue weighted by Crippen LogP contribution is -2.56. The highest BCUT2D eigenvalue weighted by Gasteiger charge is 2.34. The van der Waals surface area contributed by atoms with Crippen LogP contribution in [0.3, 0.4) is 0 Å². The molecule has 6 nitrogen and oxygen atoms in total. The molecule has 1 atom stereocenters. The molecule has 11 heteroatoms. The van der Waals surface area contributed by atoms with Gasteiger partial charge in [-0.05, 0) is 64.7 Å². The number of carbonyl (C=O) groups excluding carboxylic acids is 2. The van der Waals surface area contributed by atoms with Crippen molar-refractivity contribution in [3.8, 4) is 11.3 Å². The van der Waals surface area contributed by atoms with Crippen LogP contribution in [0.2, 0.25) is 0 Å². The van der Waals surface area contributed by atoms with E-state index >= 15 is 0 Å². The van der Waals surface area contributed by atoms with Crippen molar-refractivity contribution in [3.05, 3.63) is 168 Å². The van der Waals surface area contributed by atoms with Crippen LogP contribution in [0.1, 0.15) is 22.3 Å². The van der Waals surface area contributed by atoms with Gasteiger partial charge in [0.25, 0.3) is 0 Å². The van der Waals surface area contributed by atoms with Crippen LogP contribution in [0.4, 0.5) is 22.0 Å². The molecule has 53 heavy (non-hydrogen) atoms. The van der Waals surface area contributed by atoms with Gasteiger partial charge in [0.05, 0.1) is 11.3 Å². The molecule has 4 aromatic rings. The molecule has 0 aliphatic carbocycles. The number of halogens is 5. The van der Waals surface area contributed by atoms with Crippen LogP contribution in [-0.2, 0) is 28.7 Å². The summed E-state index contributed by atoms with van der Waals surface area (Å²) in [5.74, 6) is -3.10. The summed E-state index contributed by atoms with van der Waals surface area (Å²) in [7, 11) is 0. The van der Waals surface area contributed by atoms with Gasteiger partial charge in [0.1, 0.15) is 6.04 Å². The Morgan fingerprint density at radius 1 is 0.868 bits per heavy atom. The average molecular weight is 727 g/mol. The SMILES string of the molecule is C=C/C=C(\C=C)CN1CCN(C(=O)[C@H](Cc2ccc(F)c(F)c2)N(Cc2ccc(-c3ccccn3)cc2)C(=O)/C=C/c2ccc(C(F)(F)F)cc2)CC1. The summed E-state index contributed by atoms with van der Waals surface area (Å²) >= 11 is 0. The van der Waals surface area contributed by atoms with E-state index in [0.29, 0.717) is 49.4 Å². The number of nitrogens with zero attached hydrogens (tertiary/aromatic N) is 4. The summed E-state index contributed by atoms with van der Waals surface area (Å²) in [5, 5.41) is 0. The molecule has 1 aliphatic heterocycles. The predicted octanol–water partition coefficient (Wildman–Crippen LogP) is 8.14. The number of alkyl halides is 3. The number of aromatic nitrogens is 1. The molecule has 0 bridgehead atoms. The van der Waals surface area contributed by atoms with Crippen molar-refractivity contribution in [1.82, 2.24) is 19.7 Å². The maximum Gasteiger partial charge on any atom is 0.416 e. The van der Waals surface area contributed by atoms with Crippen molar-refractivity contribution < 1.29 is 31.5 Å². The van der Waals surface area contributed by atoms with E-state index in [0.717, 1.165) is 41.1 Å². The van der Waals surface area contributed by atoms with Crippen LogP contribution in [0, 0.1) is 11.6 Å². The third kappa shape index (κ3) is 10.4. The van der Waals surface area contributed by atoms with Crippen LogP contribution < -0.4 is 0 Å². The average Bonchev–Trinajstić information content (AvgIpc) is 3.17. The fraction of sp³-hybridized carbons (Fsp3) is 0.214. The fourth-order valence-corrected chi connectivity index (χ4v) is 6.05. The lowest BCUT2D eigenvalue weighted by Gasteiger charge is -2.39. The molecule has 1 aliphatic rings. The van der Waals surface area contributed by atoms with Crippen LogP contribution in [0.25, 0.3) is 17.3 Å². The predicted molar refractivity (Wildman–Crippen MR) is 196 cm³/mol. The minimum Gasteiger partial charge on any atom is -0.338 e. The molecule has 5 rings (SSSR count). The molecular weight excluding hydrogens is 687 g/mol. The van der Waals surface area contributed by atoms with Crippen LogP contribution in [-0.4, -0.2) is 70.3 Å². The van der Waals surface area contributed by atoms with Gasteiger partial charge < -0.3 is 9.80 Å².